The van der Waals surface area contributed by atoms with Gasteiger partial charge in [-0.1, -0.05) is 60.7 Å². The molecule has 3 nitrogen and oxygen atoms in total. The van der Waals surface area contributed by atoms with E-state index in [-0.39, 0.29) is 11.3 Å². The quantitative estimate of drug-likeness (QED) is 0.268. The molecule has 0 saturated heterocycles. The molecular weight excluding hydrogens is 435 g/mol. The highest BCUT2D eigenvalue weighted by molar-refractivity contribution is 6.10. The second-order valence-electron chi connectivity index (χ2n) is 8.60. The molecule has 7 rings (SSSR count). The Morgan fingerprint density at radius 1 is 0.600 bits per heavy atom. The van der Waals surface area contributed by atoms with Crippen molar-refractivity contribution in [3.05, 3.63) is 121 Å². The standard InChI is InChI=1S/C31H19FN2O/c32-26-10-6-12-29-30(26)33-31(35-29)21-15-13-20(14-16-21)22-17-18-28-25(19-22)24-9-4-5-11-27(24)34(28)23-7-2-1-3-8-23/h1-19H. The van der Waals surface area contributed by atoms with E-state index in [0.717, 1.165) is 22.4 Å². The van der Waals surface area contributed by atoms with Crippen molar-refractivity contribution in [2.45, 2.75) is 0 Å². The van der Waals surface area contributed by atoms with Crippen molar-refractivity contribution in [2.24, 2.45) is 0 Å². The van der Waals surface area contributed by atoms with Gasteiger partial charge in [-0.2, -0.15) is 0 Å². The van der Waals surface area contributed by atoms with Crippen LogP contribution in [0.25, 0.3) is 61.2 Å². The van der Waals surface area contributed by atoms with E-state index in [4.69, 9.17) is 4.42 Å². The van der Waals surface area contributed by atoms with Crippen LogP contribution in [0.2, 0.25) is 0 Å². The first-order valence-corrected chi connectivity index (χ1v) is 11.5. The number of halogens is 1. The summed E-state index contributed by atoms with van der Waals surface area (Å²) in [4.78, 5) is 4.35. The number of hydrogen-bond acceptors (Lipinski definition) is 2. The lowest BCUT2D eigenvalue weighted by atomic mass is 10.0. The molecular formula is C31H19FN2O. The lowest BCUT2D eigenvalue weighted by molar-refractivity contribution is 0.617. The van der Waals surface area contributed by atoms with Crippen molar-refractivity contribution < 1.29 is 8.81 Å². The third kappa shape index (κ3) is 3.15. The first-order valence-electron chi connectivity index (χ1n) is 11.5. The third-order valence-corrected chi connectivity index (χ3v) is 6.52. The summed E-state index contributed by atoms with van der Waals surface area (Å²) in [6, 6.07) is 38.3. The zero-order valence-electron chi connectivity index (χ0n) is 18.7. The number of oxazole rings is 1. The van der Waals surface area contributed by atoms with E-state index in [9.17, 15) is 4.39 Å². The van der Waals surface area contributed by atoms with Gasteiger partial charge in [0.1, 0.15) is 5.52 Å². The summed E-state index contributed by atoms with van der Waals surface area (Å²) in [5, 5.41) is 2.43. The van der Waals surface area contributed by atoms with Gasteiger partial charge in [0.25, 0.3) is 0 Å². The maximum absolute atomic E-state index is 14.0. The molecule has 0 spiro atoms. The molecule has 0 amide bonds. The summed E-state index contributed by atoms with van der Waals surface area (Å²) in [6.07, 6.45) is 0. The highest BCUT2D eigenvalue weighted by Gasteiger charge is 2.14. The van der Waals surface area contributed by atoms with Crippen LogP contribution in [-0.2, 0) is 0 Å². The van der Waals surface area contributed by atoms with Gasteiger partial charge < -0.3 is 8.98 Å². The summed E-state index contributed by atoms with van der Waals surface area (Å²) in [5.41, 5.74) is 7.24. The minimum atomic E-state index is -0.378. The van der Waals surface area contributed by atoms with Crippen molar-refractivity contribution in [3.8, 4) is 28.3 Å². The molecule has 0 aliphatic rings. The SMILES string of the molecule is Fc1cccc2oc(-c3ccc(-c4ccc5c(c4)c4ccccc4n5-c4ccccc4)cc3)nc12. The lowest BCUT2D eigenvalue weighted by Gasteiger charge is -2.08. The van der Waals surface area contributed by atoms with Crippen LogP contribution in [0.5, 0.6) is 0 Å². The van der Waals surface area contributed by atoms with Gasteiger partial charge in [-0.3, -0.25) is 0 Å². The van der Waals surface area contributed by atoms with E-state index in [2.05, 4.69) is 88.4 Å². The molecule has 0 aliphatic carbocycles. The second-order valence-corrected chi connectivity index (χ2v) is 8.60. The molecule has 2 aromatic heterocycles. The van der Waals surface area contributed by atoms with Gasteiger partial charge in [-0.05, 0) is 65.7 Å². The van der Waals surface area contributed by atoms with Crippen LogP contribution >= 0.6 is 0 Å². The van der Waals surface area contributed by atoms with Crippen molar-refractivity contribution in [1.29, 1.82) is 0 Å². The summed E-state index contributed by atoms with van der Waals surface area (Å²) in [5.74, 6) is 0.0372. The first kappa shape index (κ1) is 19.7. The monoisotopic (exact) mass is 454 g/mol. The Bertz CT molecular complexity index is 1850. The summed E-state index contributed by atoms with van der Waals surface area (Å²) in [6.45, 7) is 0. The summed E-state index contributed by atoms with van der Waals surface area (Å²) < 4.78 is 22.1. The van der Waals surface area contributed by atoms with Gasteiger partial charge in [0.15, 0.2) is 11.4 Å². The van der Waals surface area contributed by atoms with E-state index >= 15 is 0 Å². The maximum Gasteiger partial charge on any atom is 0.227 e. The summed E-state index contributed by atoms with van der Waals surface area (Å²) in [7, 11) is 0. The first-order chi connectivity index (χ1) is 17.3. The molecule has 4 heteroatoms. The van der Waals surface area contributed by atoms with E-state index in [1.54, 1.807) is 12.1 Å². The Balaban J connectivity index is 1.33. The molecule has 2 heterocycles. The van der Waals surface area contributed by atoms with Gasteiger partial charge >= 0.3 is 0 Å². The topological polar surface area (TPSA) is 31.0 Å². The van der Waals surface area contributed by atoms with E-state index in [1.807, 2.05) is 18.2 Å². The van der Waals surface area contributed by atoms with E-state index in [0.29, 0.717) is 11.5 Å². The van der Waals surface area contributed by atoms with Crippen LogP contribution in [0.15, 0.2) is 120 Å². The fraction of sp³-hybridized carbons (Fsp3) is 0. The van der Waals surface area contributed by atoms with Gasteiger partial charge in [0.05, 0.1) is 11.0 Å². The number of hydrogen-bond donors (Lipinski definition) is 0. The Morgan fingerprint density at radius 2 is 1.31 bits per heavy atom. The minimum Gasteiger partial charge on any atom is -0.436 e. The highest BCUT2D eigenvalue weighted by Crippen LogP contribution is 2.35. The molecule has 0 radical (unpaired) electrons. The molecule has 166 valence electrons. The smallest absolute Gasteiger partial charge is 0.227 e. The molecule has 0 bridgehead atoms. The molecule has 0 unspecified atom stereocenters. The summed E-state index contributed by atoms with van der Waals surface area (Å²) >= 11 is 0. The molecule has 0 aliphatic heterocycles. The Labute approximate surface area is 200 Å². The maximum atomic E-state index is 14.0. The predicted octanol–water partition coefficient (Wildman–Crippen LogP) is 8.40. The molecule has 5 aromatic carbocycles. The largest absolute Gasteiger partial charge is 0.436 e. The lowest BCUT2D eigenvalue weighted by Crippen LogP contribution is -1.92. The van der Waals surface area contributed by atoms with Crippen LogP contribution in [-0.4, -0.2) is 9.55 Å². The van der Waals surface area contributed by atoms with Gasteiger partial charge in [-0.15, -0.1) is 0 Å². The van der Waals surface area contributed by atoms with E-state index in [1.165, 1.54) is 27.9 Å². The van der Waals surface area contributed by atoms with Crippen LogP contribution in [0.1, 0.15) is 0 Å². The highest BCUT2D eigenvalue weighted by atomic mass is 19.1. The normalized spacial score (nSPS) is 11.6. The number of rotatable bonds is 3. The Morgan fingerprint density at radius 3 is 2.14 bits per heavy atom. The zero-order valence-corrected chi connectivity index (χ0v) is 18.7. The number of aromatic nitrogens is 2. The van der Waals surface area contributed by atoms with Crippen LogP contribution in [0.4, 0.5) is 4.39 Å². The van der Waals surface area contributed by atoms with Crippen molar-refractivity contribution in [2.75, 3.05) is 0 Å². The van der Waals surface area contributed by atoms with Gasteiger partial charge in [-0.25, -0.2) is 9.37 Å². The molecule has 0 fully saturated rings. The van der Waals surface area contributed by atoms with Gasteiger partial charge in [0.2, 0.25) is 5.89 Å². The van der Waals surface area contributed by atoms with Crippen molar-refractivity contribution in [1.82, 2.24) is 9.55 Å². The molecule has 0 saturated carbocycles. The van der Waals surface area contributed by atoms with Gasteiger partial charge in [0, 0.05) is 22.0 Å². The van der Waals surface area contributed by atoms with Crippen molar-refractivity contribution >= 4 is 32.9 Å². The average molecular weight is 455 g/mol. The number of benzene rings is 5. The van der Waals surface area contributed by atoms with Crippen LogP contribution in [0.3, 0.4) is 0 Å². The fourth-order valence-electron chi connectivity index (χ4n) is 4.85. The molecule has 7 aromatic rings. The van der Waals surface area contributed by atoms with Crippen molar-refractivity contribution in [3.63, 3.8) is 0 Å². The van der Waals surface area contributed by atoms with E-state index < -0.39 is 0 Å². The number of nitrogens with zero attached hydrogens (tertiary/aromatic N) is 2. The molecule has 35 heavy (non-hydrogen) atoms. The molecule has 0 atom stereocenters. The second kappa shape index (κ2) is 7.67. The fourth-order valence-corrected chi connectivity index (χ4v) is 4.85. The Hall–Kier alpha value is -4.70. The number of para-hydroxylation sites is 3. The predicted molar refractivity (Wildman–Crippen MR) is 139 cm³/mol. The number of fused-ring (bicyclic) bond motifs is 4. The van der Waals surface area contributed by atoms with Crippen LogP contribution in [0, 0.1) is 5.82 Å². The van der Waals surface area contributed by atoms with Crippen LogP contribution < -0.4 is 0 Å². The zero-order chi connectivity index (χ0) is 23.4. The minimum absolute atomic E-state index is 0.256. The average Bonchev–Trinajstić information content (AvgIpc) is 3.50. The molecule has 0 N–H and O–H groups in total. The third-order valence-electron chi connectivity index (χ3n) is 6.52. The Kier molecular flexibility index (Phi) is 4.33.